The fourth-order valence-corrected chi connectivity index (χ4v) is 2.30. The van der Waals surface area contributed by atoms with Gasteiger partial charge in [-0.3, -0.25) is 4.79 Å². The first kappa shape index (κ1) is 17.9. The van der Waals surface area contributed by atoms with Gasteiger partial charge in [0.15, 0.2) is 29.1 Å². The van der Waals surface area contributed by atoms with E-state index in [1.165, 1.54) is 19.1 Å². The lowest BCUT2D eigenvalue weighted by atomic mass is 10.0. The highest BCUT2D eigenvalue weighted by atomic mass is 19.2. The van der Waals surface area contributed by atoms with E-state index in [1.54, 1.807) is 13.8 Å². The number of carbonyl (C=O) groups excluding carboxylic acids is 1. The minimum absolute atomic E-state index is 0.174. The molecule has 24 heavy (non-hydrogen) atoms. The van der Waals surface area contributed by atoms with Gasteiger partial charge in [0.1, 0.15) is 12.4 Å². The number of ether oxygens (including phenoxy) is 1. The Hall–Kier alpha value is -2.44. The van der Waals surface area contributed by atoms with E-state index >= 15 is 0 Å². The molecule has 0 aliphatic rings. The summed E-state index contributed by atoms with van der Waals surface area (Å²) < 4.78 is 71.9. The van der Waals surface area contributed by atoms with E-state index in [0.29, 0.717) is 16.7 Å². The fraction of sp³-hybridized carbons (Fsp3) is 0.235. The zero-order valence-corrected chi connectivity index (χ0v) is 13.1. The van der Waals surface area contributed by atoms with E-state index in [1.807, 2.05) is 0 Å². The second kappa shape index (κ2) is 6.59. The van der Waals surface area contributed by atoms with Gasteiger partial charge >= 0.3 is 0 Å². The second-order valence-corrected chi connectivity index (χ2v) is 5.33. The molecule has 0 bridgehead atoms. The van der Waals surface area contributed by atoms with Crippen molar-refractivity contribution in [3.63, 3.8) is 0 Å². The van der Waals surface area contributed by atoms with E-state index in [0.717, 1.165) is 0 Å². The smallest absolute Gasteiger partial charge is 0.200 e. The van der Waals surface area contributed by atoms with Crippen LogP contribution in [0.3, 0.4) is 0 Å². The summed E-state index contributed by atoms with van der Waals surface area (Å²) in [6.07, 6.45) is 0. The van der Waals surface area contributed by atoms with Gasteiger partial charge in [-0.25, -0.2) is 22.0 Å². The van der Waals surface area contributed by atoms with E-state index in [9.17, 15) is 26.7 Å². The zero-order valence-electron chi connectivity index (χ0n) is 13.1. The normalized spacial score (nSPS) is 10.8. The van der Waals surface area contributed by atoms with Crippen LogP contribution in [-0.2, 0) is 6.61 Å². The van der Waals surface area contributed by atoms with Crippen molar-refractivity contribution < 1.29 is 31.5 Å². The standard InChI is InChI=1S/C17H13F5O2/c1-7-4-10(9(3)23)5-8(2)17(7)24-6-11-12(18)14(20)16(22)15(21)13(11)19/h4-5H,6H2,1-3H3. The number of hydrogen-bond donors (Lipinski definition) is 0. The average Bonchev–Trinajstić information content (AvgIpc) is 2.52. The van der Waals surface area contributed by atoms with Crippen molar-refractivity contribution in [2.45, 2.75) is 27.4 Å². The molecule has 0 aliphatic carbocycles. The molecule has 0 aromatic heterocycles. The van der Waals surface area contributed by atoms with Crippen molar-refractivity contribution >= 4 is 5.78 Å². The van der Waals surface area contributed by atoms with Crippen molar-refractivity contribution in [2.24, 2.45) is 0 Å². The Morgan fingerprint density at radius 1 is 0.875 bits per heavy atom. The maximum atomic E-state index is 13.6. The Morgan fingerprint density at radius 2 is 1.29 bits per heavy atom. The average molecular weight is 344 g/mol. The van der Waals surface area contributed by atoms with Crippen molar-refractivity contribution in [2.75, 3.05) is 0 Å². The predicted octanol–water partition coefficient (Wildman–Crippen LogP) is 4.78. The molecule has 2 aromatic carbocycles. The number of carbonyl (C=O) groups is 1. The largest absolute Gasteiger partial charge is 0.488 e. The molecule has 7 heteroatoms. The lowest BCUT2D eigenvalue weighted by Crippen LogP contribution is -2.10. The molecule has 0 heterocycles. The maximum Gasteiger partial charge on any atom is 0.200 e. The monoisotopic (exact) mass is 344 g/mol. The molecule has 2 nitrogen and oxygen atoms in total. The molecule has 2 rings (SSSR count). The first-order chi connectivity index (χ1) is 11.1. The Labute approximate surface area is 134 Å². The molecule has 0 fully saturated rings. The van der Waals surface area contributed by atoms with Crippen LogP contribution in [0.1, 0.15) is 34.0 Å². The summed E-state index contributed by atoms with van der Waals surface area (Å²) in [6, 6.07) is 3.03. The van der Waals surface area contributed by atoms with Crippen LogP contribution < -0.4 is 4.74 Å². The molecule has 2 aromatic rings. The topological polar surface area (TPSA) is 26.3 Å². The quantitative estimate of drug-likeness (QED) is 0.345. The maximum absolute atomic E-state index is 13.6. The van der Waals surface area contributed by atoms with E-state index < -0.39 is 41.3 Å². The van der Waals surface area contributed by atoms with Gasteiger partial charge in [0.2, 0.25) is 5.82 Å². The van der Waals surface area contributed by atoms with Gasteiger partial charge in [-0.1, -0.05) is 0 Å². The van der Waals surface area contributed by atoms with E-state index in [-0.39, 0.29) is 11.5 Å². The molecular formula is C17H13F5O2. The Bertz CT molecular complexity index is 778. The summed E-state index contributed by atoms with van der Waals surface area (Å²) in [6.45, 7) is 3.75. The number of halogens is 5. The second-order valence-electron chi connectivity index (χ2n) is 5.33. The minimum atomic E-state index is -2.22. The van der Waals surface area contributed by atoms with Crippen LogP contribution in [0.2, 0.25) is 0 Å². The van der Waals surface area contributed by atoms with Crippen LogP contribution in [0.5, 0.6) is 5.75 Å². The van der Waals surface area contributed by atoms with E-state index in [2.05, 4.69) is 0 Å². The minimum Gasteiger partial charge on any atom is -0.488 e. The van der Waals surface area contributed by atoms with Gasteiger partial charge in [0.25, 0.3) is 0 Å². The van der Waals surface area contributed by atoms with Crippen molar-refractivity contribution in [1.82, 2.24) is 0 Å². The SMILES string of the molecule is CC(=O)c1cc(C)c(OCc2c(F)c(F)c(F)c(F)c2F)c(C)c1. The first-order valence-electron chi connectivity index (χ1n) is 6.90. The number of ketones is 1. The van der Waals surface area contributed by atoms with Crippen LogP contribution in [0.4, 0.5) is 22.0 Å². The molecule has 128 valence electrons. The molecule has 0 spiro atoms. The molecule has 0 amide bonds. The van der Waals surface area contributed by atoms with Gasteiger partial charge in [-0.05, 0) is 44.0 Å². The summed E-state index contributed by atoms with van der Waals surface area (Å²) in [5.74, 6) is -10.1. The van der Waals surface area contributed by atoms with Crippen LogP contribution in [0.15, 0.2) is 12.1 Å². The van der Waals surface area contributed by atoms with Crippen LogP contribution in [0.25, 0.3) is 0 Å². The Morgan fingerprint density at radius 3 is 1.71 bits per heavy atom. The molecule has 0 radical (unpaired) electrons. The number of benzene rings is 2. The van der Waals surface area contributed by atoms with Gasteiger partial charge in [-0.2, -0.15) is 0 Å². The van der Waals surface area contributed by atoms with Gasteiger partial charge in [0, 0.05) is 5.56 Å². The lowest BCUT2D eigenvalue weighted by molar-refractivity contribution is 0.101. The Balaban J connectivity index is 2.38. The summed E-state index contributed by atoms with van der Waals surface area (Å²) in [7, 11) is 0. The van der Waals surface area contributed by atoms with Crippen molar-refractivity contribution in [3.05, 3.63) is 63.5 Å². The summed E-state index contributed by atoms with van der Waals surface area (Å²) >= 11 is 0. The molecule has 0 saturated carbocycles. The lowest BCUT2D eigenvalue weighted by Gasteiger charge is -2.15. The van der Waals surface area contributed by atoms with Crippen LogP contribution >= 0.6 is 0 Å². The third-order valence-corrected chi connectivity index (χ3v) is 3.53. The number of hydrogen-bond acceptors (Lipinski definition) is 2. The molecule has 0 saturated heterocycles. The zero-order chi connectivity index (χ0) is 18.2. The summed E-state index contributed by atoms with van der Waals surface area (Å²) in [5.41, 5.74) is 0.377. The number of rotatable bonds is 4. The van der Waals surface area contributed by atoms with Gasteiger partial charge < -0.3 is 4.74 Å². The Kier molecular flexibility index (Phi) is 4.91. The highest BCUT2D eigenvalue weighted by Crippen LogP contribution is 2.28. The highest BCUT2D eigenvalue weighted by Gasteiger charge is 2.26. The number of Topliss-reactive ketones (excluding diaryl/α,β-unsaturated/α-hetero) is 1. The summed E-state index contributed by atoms with van der Waals surface area (Å²) in [5, 5.41) is 0. The van der Waals surface area contributed by atoms with E-state index in [4.69, 9.17) is 4.74 Å². The third-order valence-electron chi connectivity index (χ3n) is 3.53. The molecular weight excluding hydrogens is 331 g/mol. The summed E-state index contributed by atoms with van der Waals surface area (Å²) in [4.78, 5) is 11.4. The number of aryl methyl sites for hydroxylation is 2. The molecule has 0 unspecified atom stereocenters. The fourth-order valence-electron chi connectivity index (χ4n) is 2.30. The van der Waals surface area contributed by atoms with Crippen LogP contribution in [-0.4, -0.2) is 5.78 Å². The molecule has 0 N–H and O–H groups in total. The molecule has 0 atom stereocenters. The third kappa shape index (κ3) is 3.11. The van der Waals surface area contributed by atoms with Crippen LogP contribution in [0, 0.1) is 42.9 Å². The molecule has 0 aliphatic heterocycles. The highest BCUT2D eigenvalue weighted by molar-refractivity contribution is 5.94. The van der Waals surface area contributed by atoms with Crippen molar-refractivity contribution in [1.29, 1.82) is 0 Å². The first-order valence-corrected chi connectivity index (χ1v) is 6.90. The van der Waals surface area contributed by atoms with Gasteiger partial charge in [0.05, 0.1) is 5.56 Å². The van der Waals surface area contributed by atoms with Crippen molar-refractivity contribution in [3.8, 4) is 5.75 Å². The van der Waals surface area contributed by atoms with Gasteiger partial charge in [-0.15, -0.1) is 0 Å². The predicted molar refractivity (Wildman–Crippen MR) is 76.5 cm³/mol.